The van der Waals surface area contributed by atoms with E-state index in [4.69, 9.17) is 17.3 Å². The summed E-state index contributed by atoms with van der Waals surface area (Å²) in [6.07, 6.45) is 0. The van der Waals surface area contributed by atoms with Crippen molar-refractivity contribution in [3.05, 3.63) is 62.7 Å². The van der Waals surface area contributed by atoms with Gasteiger partial charge in [0, 0.05) is 14.8 Å². The molecular weight excluding hydrogens is 411 g/mol. The summed E-state index contributed by atoms with van der Waals surface area (Å²) in [6, 6.07) is 12.7. The number of anilines is 1. The van der Waals surface area contributed by atoms with E-state index in [-0.39, 0.29) is 17.6 Å². The predicted octanol–water partition coefficient (Wildman–Crippen LogP) is 3.22. The van der Waals surface area contributed by atoms with Crippen molar-refractivity contribution in [1.29, 1.82) is 0 Å². The summed E-state index contributed by atoms with van der Waals surface area (Å²) in [4.78, 5) is 12.1. The maximum Gasteiger partial charge on any atom is 0.257 e. The molecule has 0 spiro atoms. The molecule has 0 aromatic heterocycles. The number of carbonyl (C=O) groups excluding carboxylic acids is 1. The number of carbonyl (C=O) groups is 1. The highest BCUT2D eigenvalue weighted by Gasteiger charge is 2.09. The molecule has 0 fully saturated rings. The molecule has 2 aromatic rings. The molecule has 0 atom stereocenters. The van der Waals surface area contributed by atoms with Gasteiger partial charge in [0.15, 0.2) is 5.11 Å². The Morgan fingerprint density at radius 3 is 2.73 bits per heavy atom. The van der Waals surface area contributed by atoms with Gasteiger partial charge in [-0.05, 0) is 77.1 Å². The number of nitrogens with one attached hydrogen (secondary N) is 2. The monoisotopic (exact) mass is 426 g/mol. The lowest BCUT2D eigenvalue weighted by Crippen LogP contribution is -2.34. The van der Waals surface area contributed by atoms with Gasteiger partial charge >= 0.3 is 0 Å². The van der Waals surface area contributed by atoms with Crippen LogP contribution >= 0.6 is 34.8 Å². The van der Waals surface area contributed by atoms with Gasteiger partial charge in [-0.25, -0.2) is 0 Å². The zero-order valence-corrected chi connectivity index (χ0v) is 14.9. The SMILES string of the molecule is Cc1ccc(C(=O)NC(=S)Nc2cccc(CO)c2)cc1I. The maximum atomic E-state index is 12.1. The highest BCUT2D eigenvalue weighted by molar-refractivity contribution is 14.1. The molecule has 1 amide bonds. The molecule has 0 radical (unpaired) electrons. The molecule has 0 aliphatic heterocycles. The summed E-state index contributed by atoms with van der Waals surface area (Å²) in [5, 5.41) is 14.9. The van der Waals surface area contributed by atoms with Gasteiger partial charge in [0.25, 0.3) is 5.91 Å². The Labute approximate surface area is 148 Å². The number of hydrogen-bond donors (Lipinski definition) is 3. The van der Waals surface area contributed by atoms with Gasteiger partial charge in [-0.3, -0.25) is 10.1 Å². The molecule has 0 saturated carbocycles. The van der Waals surface area contributed by atoms with E-state index in [0.29, 0.717) is 5.56 Å². The fourth-order valence-electron chi connectivity index (χ4n) is 1.82. The Balaban J connectivity index is 2.01. The molecule has 0 unspecified atom stereocenters. The van der Waals surface area contributed by atoms with Crippen LogP contribution in [0, 0.1) is 10.5 Å². The number of aliphatic hydroxyl groups excluding tert-OH is 1. The third-order valence-electron chi connectivity index (χ3n) is 3.03. The first kappa shape index (κ1) is 16.9. The van der Waals surface area contributed by atoms with Gasteiger partial charge in [0.05, 0.1) is 6.61 Å². The van der Waals surface area contributed by atoms with Crippen molar-refractivity contribution in [3.63, 3.8) is 0 Å². The first-order valence-corrected chi connectivity index (χ1v) is 8.06. The number of hydrogen-bond acceptors (Lipinski definition) is 3. The normalized spacial score (nSPS) is 10.1. The van der Waals surface area contributed by atoms with Crippen LogP contribution in [0.2, 0.25) is 0 Å². The molecule has 22 heavy (non-hydrogen) atoms. The Kier molecular flexibility index (Phi) is 5.87. The molecular formula is C16H15IN2O2S. The summed E-state index contributed by atoms with van der Waals surface area (Å²) in [5.41, 5.74) is 3.17. The second kappa shape index (κ2) is 7.66. The standard InChI is InChI=1S/C16H15IN2O2S/c1-10-5-6-12(8-14(10)17)15(21)19-16(22)18-13-4-2-3-11(7-13)9-20/h2-8,20H,9H2,1H3,(H2,18,19,21,22). The number of halogens is 1. The number of aliphatic hydroxyl groups is 1. The van der Waals surface area contributed by atoms with Crippen molar-refractivity contribution in [1.82, 2.24) is 5.32 Å². The zero-order chi connectivity index (χ0) is 16.1. The molecule has 0 bridgehead atoms. The first-order valence-electron chi connectivity index (χ1n) is 6.58. The Morgan fingerprint density at radius 2 is 2.05 bits per heavy atom. The van der Waals surface area contributed by atoms with E-state index in [2.05, 4.69) is 33.2 Å². The summed E-state index contributed by atoms with van der Waals surface area (Å²) in [7, 11) is 0. The van der Waals surface area contributed by atoms with Crippen LogP contribution in [0.3, 0.4) is 0 Å². The van der Waals surface area contributed by atoms with Gasteiger partial charge in [0.1, 0.15) is 0 Å². The largest absolute Gasteiger partial charge is 0.392 e. The second-order valence-electron chi connectivity index (χ2n) is 4.73. The van der Waals surface area contributed by atoms with Crippen LogP contribution in [-0.4, -0.2) is 16.1 Å². The molecule has 0 saturated heterocycles. The number of thiocarbonyl (C=S) groups is 1. The Hall–Kier alpha value is -1.51. The van der Waals surface area contributed by atoms with E-state index in [9.17, 15) is 4.79 Å². The van der Waals surface area contributed by atoms with Crippen LogP contribution in [0.15, 0.2) is 42.5 Å². The van der Waals surface area contributed by atoms with Crippen molar-refractivity contribution >= 4 is 51.5 Å². The predicted molar refractivity (Wildman–Crippen MR) is 99.9 cm³/mol. The lowest BCUT2D eigenvalue weighted by molar-refractivity contribution is 0.0977. The van der Waals surface area contributed by atoms with E-state index < -0.39 is 0 Å². The van der Waals surface area contributed by atoms with Crippen LogP contribution < -0.4 is 10.6 Å². The van der Waals surface area contributed by atoms with Crippen molar-refractivity contribution in [2.75, 3.05) is 5.32 Å². The summed E-state index contributed by atoms with van der Waals surface area (Å²) >= 11 is 7.33. The van der Waals surface area contributed by atoms with Crippen LogP contribution in [-0.2, 0) is 6.61 Å². The van der Waals surface area contributed by atoms with Gasteiger partial charge in [-0.2, -0.15) is 0 Å². The number of rotatable bonds is 3. The van der Waals surface area contributed by atoms with Crippen molar-refractivity contribution in [2.24, 2.45) is 0 Å². The molecule has 0 aliphatic carbocycles. The molecule has 2 aromatic carbocycles. The molecule has 3 N–H and O–H groups in total. The van der Waals surface area contributed by atoms with Crippen molar-refractivity contribution < 1.29 is 9.90 Å². The Bertz CT molecular complexity index is 719. The summed E-state index contributed by atoms with van der Waals surface area (Å²) in [6.45, 7) is 1.94. The van der Waals surface area contributed by atoms with Crippen molar-refractivity contribution in [3.8, 4) is 0 Å². The van der Waals surface area contributed by atoms with Gasteiger partial charge in [-0.15, -0.1) is 0 Å². The highest BCUT2D eigenvalue weighted by atomic mass is 127. The minimum absolute atomic E-state index is 0.0452. The molecule has 0 heterocycles. The fraction of sp³-hybridized carbons (Fsp3) is 0.125. The third-order valence-corrected chi connectivity index (χ3v) is 4.39. The van der Waals surface area contributed by atoms with Crippen molar-refractivity contribution in [2.45, 2.75) is 13.5 Å². The topological polar surface area (TPSA) is 61.4 Å². The van der Waals surface area contributed by atoms with E-state index in [1.165, 1.54) is 0 Å². The highest BCUT2D eigenvalue weighted by Crippen LogP contribution is 2.14. The number of benzene rings is 2. The smallest absolute Gasteiger partial charge is 0.257 e. The van der Waals surface area contributed by atoms with Gasteiger partial charge < -0.3 is 10.4 Å². The molecule has 6 heteroatoms. The van der Waals surface area contributed by atoms with E-state index in [1.807, 2.05) is 25.1 Å². The van der Waals surface area contributed by atoms with Crippen LogP contribution in [0.1, 0.15) is 21.5 Å². The summed E-state index contributed by atoms with van der Waals surface area (Å²) in [5.74, 6) is -0.256. The van der Waals surface area contributed by atoms with Crippen LogP contribution in [0.5, 0.6) is 0 Å². The minimum Gasteiger partial charge on any atom is -0.392 e. The van der Waals surface area contributed by atoms with E-state index in [0.717, 1.165) is 20.4 Å². The number of amides is 1. The minimum atomic E-state index is -0.256. The number of aryl methyl sites for hydroxylation is 1. The average Bonchev–Trinajstić information content (AvgIpc) is 2.50. The van der Waals surface area contributed by atoms with E-state index >= 15 is 0 Å². The summed E-state index contributed by atoms with van der Waals surface area (Å²) < 4.78 is 1.03. The fourth-order valence-corrected chi connectivity index (χ4v) is 2.54. The zero-order valence-electron chi connectivity index (χ0n) is 11.9. The maximum absolute atomic E-state index is 12.1. The quantitative estimate of drug-likeness (QED) is 0.521. The molecule has 0 aliphatic rings. The molecule has 114 valence electrons. The van der Waals surface area contributed by atoms with Crippen LogP contribution in [0.25, 0.3) is 0 Å². The lowest BCUT2D eigenvalue weighted by Gasteiger charge is -2.11. The first-order chi connectivity index (χ1) is 10.5. The average molecular weight is 426 g/mol. The molecule has 4 nitrogen and oxygen atoms in total. The molecule has 2 rings (SSSR count). The third kappa shape index (κ3) is 4.49. The van der Waals surface area contributed by atoms with E-state index in [1.54, 1.807) is 24.3 Å². The van der Waals surface area contributed by atoms with Gasteiger partial charge in [0.2, 0.25) is 0 Å². The Morgan fingerprint density at radius 1 is 1.27 bits per heavy atom. The second-order valence-corrected chi connectivity index (χ2v) is 6.30. The lowest BCUT2D eigenvalue weighted by atomic mass is 10.1. The van der Waals surface area contributed by atoms with Gasteiger partial charge in [-0.1, -0.05) is 18.2 Å². The van der Waals surface area contributed by atoms with Crippen LogP contribution in [0.4, 0.5) is 5.69 Å².